The summed E-state index contributed by atoms with van der Waals surface area (Å²) >= 11 is 6.56. The zero-order valence-corrected chi connectivity index (χ0v) is 23.4. The monoisotopic (exact) mass is 538 g/mol. The van der Waals surface area contributed by atoms with Gasteiger partial charge < -0.3 is 14.6 Å². The molecule has 1 aliphatic carbocycles. The molecule has 1 saturated carbocycles. The van der Waals surface area contributed by atoms with E-state index in [0.29, 0.717) is 41.5 Å². The van der Waals surface area contributed by atoms with Crippen LogP contribution in [0.5, 0.6) is 0 Å². The summed E-state index contributed by atoms with van der Waals surface area (Å²) in [6.45, 7) is 12.1. The SMILES string of the molecule is CC1(C)Cc2c(-c3cc(NC(=O)C4C[C@@H]5CN(NC(=O)OC(C)(C)C)C[C@@H]5C4)ncc3Cl)cc(C#N)n2C1. The van der Waals surface area contributed by atoms with Crippen LogP contribution in [0.3, 0.4) is 0 Å². The van der Waals surface area contributed by atoms with Crippen molar-refractivity contribution < 1.29 is 14.3 Å². The van der Waals surface area contributed by atoms with Gasteiger partial charge in [0.05, 0.1) is 5.02 Å². The number of hydrogen-bond acceptors (Lipinski definition) is 6. The highest BCUT2D eigenvalue weighted by atomic mass is 35.5. The van der Waals surface area contributed by atoms with E-state index in [1.807, 2.05) is 37.9 Å². The number of rotatable bonds is 4. The second-order valence-electron chi connectivity index (χ2n) is 12.7. The van der Waals surface area contributed by atoms with Crippen LogP contribution in [0.1, 0.15) is 58.8 Å². The van der Waals surface area contributed by atoms with Crippen molar-refractivity contribution in [1.29, 1.82) is 5.26 Å². The molecule has 5 rings (SSSR count). The van der Waals surface area contributed by atoms with E-state index < -0.39 is 11.7 Å². The average Bonchev–Trinajstić information content (AvgIpc) is 3.51. The number of pyridine rings is 1. The molecule has 2 amide bonds. The number of fused-ring (bicyclic) bond motifs is 2. The number of hydrazine groups is 1. The number of ether oxygens (including phenoxy) is 1. The van der Waals surface area contributed by atoms with Crippen LogP contribution in [0.25, 0.3) is 11.1 Å². The number of nitrogens with zero attached hydrogens (tertiary/aromatic N) is 4. The van der Waals surface area contributed by atoms with E-state index in [1.54, 1.807) is 6.20 Å². The van der Waals surface area contributed by atoms with Crippen molar-refractivity contribution >= 4 is 29.4 Å². The predicted molar refractivity (Wildman–Crippen MR) is 144 cm³/mol. The van der Waals surface area contributed by atoms with Gasteiger partial charge in [-0.05, 0) is 69.4 Å². The summed E-state index contributed by atoms with van der Waals surface area (Å²) in [7, 11) is 0. The Labute approximate surface area is 228 Å². The largest absolute Gasteiger partial charge is 0.443 e. The molecule has 1 saturated heterocycles. The van der Waals surface area contributed by atoms with Crippen LogP contribution in [0.4, 0.5) is 10.6 Å². The molecule has 0 aromatic carbocycles. The zero-order chi connectivity index (χ0) is 27.4. The van der Waals surface area contributed by atoms with Crippen LogP contribution < -0.4 is 10.7 Å². The number of aromatic nitrogens is 2. The van der Waals surface area contributed by atoms with Crippen molar-refractivity contribution in [3.05, 3.63) is 34.7 Å². The first-order valence-electron chi connectivity index (χ1n) is 13.2. The highest BCUT2D eigenvalue weighted by Crippen LogP contribution is 2.43. The fraction of sp³-hybridized carbons (Fsp3) is 0.571. The molecule has 0 bridgehead atoms. The Morgan fingerprint density at radius 2 is 1.87 bits per heavy atom. The number of halogens is 1. The topological polar surface area (TPSA) is 112 Å². The van der Waals surface area contributed by atoms with Crippen molar-refractivity contribution in [1.82, 2.24) is 20.0 Å². The van der Waals surface area contributed by atoms with Crippen LogP contribution >= 0.6 is 11.6 Å². The van der Waals surface area contributed by atoms with Gasteiger partial charge in [0, 0.05) is 48.6 Å². The van der Waals surface area contributed by atoms with Gasteiger partial charge in [-0.2, -0.15) is 5.26 Å². The van der Waals surface area contributed by atoms with E-state index >= 15 is 0 Å². The molecule has 1 unspecified atom stereocenters. The Kier molecular flexibility index (Phi) is 6.69. The third-order valence-electron chi connectivity index (χ3n) is 7.72. The lowest BCUT2D eigenvalue weighted by Crippen LogP contribution is -2.44. The molecule has 10 heteroatoms. The highest BCUT2D eigenvalue weighted by molar-refractivity contribution is 6.33. The van der Waals surface area contributed by atoms with E-state index in [0.717, 1.165) is 42.6 Å². The Hall–Kier alpha value is -3.09. The molecule has 3 atom stereocenters. The number of nitriles is 1. The van der Waals surface area contributed by atoms with Gasteiger partial charge in [0.25, 0.3) is 0 Å². The standard InChI is InChI=1S/C28H35ClN6O3/c1-27(2,3)38-26(37)33-34-13-17-6-16(7-18(17)14-34)25(36)32-24-9-20(22(29)12-31-24)21-8-19(11-30)35-15-28(4,5)10-23(21)35/h8-9,12,16-18H,6-7,10,13-15H2,1-5H3,(H,33,37)(H,31,32,36)/t16?,17-,18+. The smallest absolute Gasteiger partial charge is 0.422 e. The van der Waals surface area contributed by atoms with Gasteiger partial charge in [-0.15, -0.1) is 0 Å². The molecular formula is C28H35ClN6O3. The third-order valence-corrected chi connectivity index (χ3v) is 8.02. The lowest BCUT2D eigenvalue weighted by atomic mass is 9.89. The van der Waals surface area contributed by atoms with E-state index in [4.69, 9.17) is 16.3 Å². The summed E-state index contributed by atoms with van der Waals surface area (Å²) in [4.78, 5) is 29.7. The molecule has 4 heterocycles. The van der Waals surface area contributed by atoms with Crippen molar-refractivity contribution in [2.24, 2.45) is 23.2 Å². The van der Waals surface area contributed by atoms with Crippen LogP contribution in [-0.4, -0.2) is 45.3 Å². The van der Waals surface area contributed by atoms with E-state index in [9.17, 15) is 14.9 Å². The van der Waals surface area contributed by atoms with Gasteiger partial charge in [-0.3, -0.25) is 10.2 Å². The Bertz CT molecular complexity index is 1310. The summed E-state index contributed by atoms with van der Waals surface area (Å²) in [5.41, 5.74) is 5.74. The lowest BCUT2D eigenvalue weighted by Gasteiger charge is -2.24. The van der Waals surface area contributed by atoms with Crippen molar-refractivity contribution in [3.8, 4) is 17.2 Å². The molecule has 2 fully saturated rings. The second-order valence-corrected chi connectivity index (χ2v) is 13.1. The third kappa shape index (κ3) is 5.38. The number of carbonyl (C=O) groups excluding carboxylic acids is 2. The number of anilines is 1. The first kappa shape index (κ1) is 26.5. The molecule has 2 aromatic rings. The van der Waals surface area contributed by atoms with E-state index in [1.165, 1.54) is 0 Å². The maximum Gasteiger partial charge on any atom is 0.422 e. The molecule has 202 valence electrons. The van der Waals surface area contributed by atoms with Gasteiger partial charge in [0.1, 0.15) is 23.2 Å². The molecule has 2 N–H and O–H groups in total. The van der Waals surface area contributed by atoms with Crippen molar-refractivity contribution in [3.63, 3.8) is 0 Å². The fourth-order valence-corrected chi connectivity index (χ4v) is 6.41. The first-order valence-corrected chi connectivity index (χ1v) is 13.5. The molecule has 0 spiro atoms. The molecule has 3 aliphatic rings. The van der Waals surface area contributed by atoms with Crippen LogP contribution in [0.15, 0.2) is 18.3 Å². The van der Waals surface area contributed by atoms with Crippen molar-refractivity contribution in [2.75, 3.05) is 18.4 Å². The Balaban J connectivity index is 1.23. The van der Waals surface area contributed by atoms with E-state index in [-0.39, 0.29) is 17.2 Å². The molecule has 0 radical (unpaired) electrons. The van der Waals surface area contributed by atoms with Crippen LogP contribution in [0, 0.1) is 34.5 Å². The highest BCUT2D eigenvalue weighted by Gasteiger charge is 2.44. The lowest BCUT2D eigenvalue weighted by molar-refractivity contribution is -0.120. The number of amides is 2. The van der Waals surface area contributed by atoms with Gasteiger partial charge in [0.2, 0.25) is 5.91 Å². The Morgan fingerprint density at radius 3 is 2.50 bits per heavy atom. The minimum Gasteiger partial charge on any atom is -0.443 e. The minimum atomic E-state index is -0.547. The normalized spacial score (nSPS) is 24.0. The summed E-state index contributed by atoms with van der Waals surface area (Å²) in [6.07, 6.45) is 3.48. The summed E-state index contributed by atoms with van der Waals surface area (Å²) in [6, 6.07) is 5.99. The number of carbonyl (C=O) groups is 2. The predicted octanol–water partition coefficient (Wildman–Crippen LogP) is 4.99. The summed E-state index contributed by atoms with van der Waals surface area (Å²) in [5.74, 6) is 0.972. The van der Waals surface area contributed by atoms with Crippen LogP contribution in [0.2, 0.25) is 5.02 Å². The van der Waals surface area contributed by atoms with Crippen LogP contribution in [-0.2, 0) is 22.5 Å². The fourth-order valence-electron chi connectivity index (χ4n) is 6.20. The molecule has 2 aromatic heterocycles. The maximum atomic E-state index is 13.2. The molecule has 38 heavy (non-hydrogen) atoms. The van der Waals surface area contributed by atoms with Gasteiger partial charge in [-0.1, -0.05) is 25.4 Å². The second kappa shape index (κ2) is 9.58. The number of nitrogens with one attached hydrogen (secondary N) is 2. The van der Waals surface area contributed by atoms with E-state index in [2.05, 4.69) is 40.2 Å². The summed E-state index contributed by atoms with van der Waals surface area (Å²) in [5, 5.41) is 15.1. The van der Waals surface area contributed by atoms with Crippen molar-refractivity contribution in [2.45, 2.75) is 66.0 Å². The molecule has 2 aliphatic heterocycles. The zero-order valence-electron chi connectivity index (χ0n) is 22.6. The maximum absolute atomic E-state index is 13.2. The minimum absolute atomic E-state index is 0.0484. The number of hydrogen-bond donors (Lipinski definition) is 2. The quantitative estimate of drug-likeness (QED) is 0.567. The molecular weight excluding hydrogens is 504 g/mol. The van der Waals surface area contributed by atoms with Gasteiger partial charge >= 0.3 is 6.09 Å². The Morgan fingerprint density at radius 1 is 1.18 bits per heavy atom. The van der Waals surface area contributed by atoms with Gasteiger partial charge in [0.15, 0.2) is 0 Å². The first-order chi connectivity index (χ1) is 17.8. The average molecular weight is 539 g/mol. The van der Waals surface area contributed by atoms with Gasteiger partial charge in [-0.25, -0.2) is 14.8 Å². The molecule has 9 nitrogen and oxygen atoms in total. The summed E-state index contributed by atoms with van der Waals surface area (Å²) < 4.78 is 7.42.